The van der Waals surface area contributed by atoms with Gasteiger partial charge < -0.3 is 25.2 Å². The number of carboxylic acid groups (broad SMARTS) is 2. The van der Waals surface area contributed by atoms with Gasteiger partial charge in [0.2, 0.25) is 0 Å². The molecule has 40 heavy (non-hydrogen) atoms. The molecular formula is C27H31F3N4O6. The van der Waals surface area contributed by atoms with Crippen molar-refractivity contribution in [3.05, 3.63) is 70.5 Å². The minimum absolute atomic E-state index is 0.138. The van der Waals surface area contributed by atoms with E-state index >= 15 is 0 Å². The molecule has 1 heterocycles. The average molecular weight is 565 g/mol. The summed E-state index contributed by atoms with van der Waals surface area (Å²) in [5.74, 6) is -3.47. The lowest BCUT2D eigenvalue weighted by molar-refractivity contribution is -0.192. The number of carbonyl (C=O) groups is 3. The van der Waals surface area contributed by atoms with Crippen molar-refractivity contribution in [1.29, 1.82) is 0 Å². The normalized spacial score (nSPS) is 10.8. The van der Waals surface area contributed by atoms with E-state index in [9.17, 15) is 27.9 Å². The molecule has 3 aromatic rings. The van der Waals surface area contributed by atoms with E-state index in [0.29, 0.717) is 29.2 Å². The van der Waals surface area contributed by atoms with E-state index in [4.69, 9.17) is 14.6 Å². The van der Waals surface area contributed by atoms with Crippen LogP contribution in [0.5, 0.6) is 5.75 Å². The van der Waals surface area contributed by atoms with Crippen molar-refractivity contribution in [3.63, 3.8) is 0 Å². The molecule has 0 spiro atoms. The van der Waals surface area contributed by atoms with Gasteiger partial charge in [-0.2, -0.15) is 18.3 Å². The van der Waals surface area contributed by atoms with Crippen molar-refractivity contribution in [2.45, 2.75) is 32.9 Å². The van der Waals surface area contributed by atoms with Crippen LogP contribution in [0.1, 0.15) is 44.1 Å². The zero-order valence-corrected chi connectivity index (χ0v) is 22.7. The van der Waals surface area contributed by atoms with Crippen molar-refractivity contribution in [1.82, 2.24) is 9.78 Å². The average Bonchev–Trinajstić information content (AvgIpc) is 3.14. The Kier molecular flexibility index (Phi) is 10.7. The summed E-state index contributed by atoms with van der Waals surface area (Å²) in [5.41, 5.74) is 5.03. The number of halogens is 3. The first kappa shape index (κ1) is 31.7. The van der Waals surface area contributed by atoms with E-state index in [1.54, 1.807) is 43.5 Å². The van der Waals surface area contributed by atoms with Crippen LogP contribution in [0.25, 0.3) is 0 Å². The third-order valence-electron chi connectivity index (χ3n) is 6.07. The van der Waals surface area contributed by atoms with Crippen LogP contribution in [0.2, 0.25) is 0 Å². The van der Waals surface area contributed by atoms with Gasteiger partial charge in [0.1, 0.15) is 5.75 Å². The molecule has 0 saturated carbocycles. The molecule has 0 fully saturated rings. The fourth-order valence-corrected chi connectivity index (χ4v) is 3.86. The van der Waals surface area contributed by atoms with Crippen molar-refractivity contribution in [2.75, 3.05) is 30.9 Å². The third kappa shape index (κ3) is 8.48. The number of rotatable bonds is 9. The lowest BCUT2D eigenvalue weighted by Crippen LogP contribution is -2.22. The second-order valence-corrected chi connectivity index (χ2v) is 8.82. The molecule has 0 aliphatic rings. The Hall–Kier alpha value is -4.55. The third-order valence-corrected chi connectivity index (χ3v) is 6.07. The first-order valence-electron chi connectivity index (χ1n) is 12.0. The number of benzene rings is 2. The van der Waals surface area contributed by atoms with Crippen LogP contribution in [-0.2, 0) is 18.3 Å². The van der Waals surface area contributed by atoms with E-state index in [1.165, 1.54) is 11.6 Å². The van der Waals surface area contributed by atoms with Gasteiger partial charge in [0.15, 0.2) is 0 Å². The minimum atomic E-state index is -5.08. The summed E-state index contributed by atoms with van der Waals surface area (Å²) in [5, 5.41) is 24.1. The zero-order chi connectivity index (χ0) is 30.2. The Bertz CT molecular complexity index is 1350. The molecular weight excluding hydrogens is 533 g/mol. The van der Waals surface area contributed by atoms with Crippen molar-refractivity contribution in [3.8, 4) is 5.75 Å². The molecule has 0 bridgehead atoms. The number of ether oxygens (including phenoxy) is 1. The number of carboxylic acids is 2. The summed E-state index contributed by atoms with van der Waals surface area (Å²) in [4.78, 5) is 35.3. The lowest BCUT2D eigenvalue weighted by atomic mass is 10.1. The van der Waals surface area contributed by atoms with Gasteiger partial charge in [-0.1, -0.05) is 0 Å². The highest BCUT2D eigenvalue weighted by Gasteiger charge is 2.38. The van der Waals surface area contributed by atoms with Crippen LogP contribution < -0.4 is 15.0 Å². The number of hydrogen-bond donors (Lipinski definition) is 3. The maximum atomic E-state index is 12.5. The molecule has 0 atom stereocenters. The van der Waals surface area contributed by atoms with Crippen LogP contribution in [0.4, 0.5) is 24.5 Å². The van der Waals surface area contributed by atoms with Gasteiger partial charge in [0.05, 0.1) is 24.1 Å². The number of carbonyl (C=O) groups excluding carboxylic acids is 1. The highest BCUT2D eigenvalue weighted by Crippen LogP contribution is 2.25. The molecule has 3 rings (SSSR count). The van der Waals surface area contributed by atoms with Crippen molar-refractivity contribution < 1.29 is 42.5 Å². The smallest absolute Gasteiger partial charge is 0.490 e. The first-order valence-corrected chi connectivity index (χ1v) is 12.0. The van der Waals surface area contributed by atoms with Crippen molar-refractivity contribution >= 4 is 29.2 Å². The summed E-state index contributed by atoms with van der Waals surface area (Å²) in [6, 6.07) is 11.6. The number of nitrogens with one attached hydrogen (secondary N) is 1. The number of aromatic carboxylic acids is 1. The maximum Gasteiger partial charge on any atom is 0.490 e. The minimum Gasteiger partial charge on any atom is -0.497 e. The van der Waals surface area contributed by atoms with Gasteiger partial charge in [-0.3, -0.25) is 9.48 Å². The number of hydrogen-bond acceptors (Lipinski definition) is 6. The molecule has 0 aliphatic heterocycles. The molecule has 0 radical (unpaired) electrons. The van der Waals surface area contributed by atoms with Gasteiger partial charge in [0, 0.05) is 37.6 Å². The number of nitrogens with zero attached hydrogens (tertiary/aromatic N) is 3. The molecule has 1 amide bonds. The van der Waals surface area contributed by atoms with Gasteiger partial charge >= 0.3 is 18.1 Å². The highest BCUT2D eigenvalue weighted by atomic mass is 19.4. The van der Waals surface area contributed by atoms with Crippen LogP contribution in [0, 0.1) is 13.8 Å². The van der Waals surface area contributed by atoms with E-state index in [0.717, 1.165) is 24.2 Å². The SMILES string of the molecule is COc1ccc(C(=O)Nc2ccc(N(C)CCCc3c(C)nn(C)c3C)c(C(=O)O)c2)cc1.O=C(O)C(F)(F)F. The van der Waals surface area contributed by atoms with E-state index < -0.39 is 18.1 Å². The number of aryl methyl sites for hydroxylation is 2. The Balaban J connectivity index is 0.000000708. The van der Waals surface area contributed by atoms with Gasteiger partial charge in [-0.25, -0.2) is 9.59 Å². The Morgan fingerprint density at radius 1 is 1.07 bits per heavy atom. The van der Waals surface area contributed by atoms with E-state index in [1.807, 2.05) is 30.6 Å². The Labute approximate surface area is 229 Å². The molecule has 0 saturated heterocycles. The molecule has 2 aromatic carbocycles. The Morgan fingerprint density at radius 2 is 1.68 bits per heavy atom. The number of aromatic nitrogens is 2. The lowest BCUT2D eigenvalue weighted by Gasteiger charge is -2.22. The van der Waals surface area contributed by atoms with Crippen LogP contribution in [0.3, 0.4) is 0 Å². The largest absolute Gasteiger partial charge is 0.497 e. The maximum absolute atomic E-state index is 12.5. The summed E-state index contributed by atoms with van der Waals surface area (Å²) < 4.78 is 38.7. The monoisotopic (exact) mass is 564 g/mol. The molecule has 13 heteroatoms. The van der Waals surface area contributed by atoms with Gasteiger partial charge in [-0.05, 0) is 74.7 Å². The molecule has 216 valence electrons. The van der Waals surface area contributed by atoms with E-state index in [-0.39, 0.29) is 11.5 Å². The highest BCUT2D eigenvalue weighted by molar-refractivity contribution is 6.05. The standard InChI is InChI=1S/C25H30N4O4.C2HF3O2/c1-16-21(17(2)29(4)27-16)7-6-14-28(3)23-13-10-19(15-22(23)25(31)32)26-24(30)18-8-11-20(33-5)12-9-18;3-2(4,5)1(6)7/h8-13,15H,6-7,14H2,1-5H3,(H,26,30)(H,31,32);(H,6,7). The first-order chi connectivity index (χ1) is 18.6. The van der Waals surface area contributed by atoms with Crippen LogP contribution in [0.15, 0.2) is 42.5 Å². The fourth-order valence-electron chi connectivity index (χ4n) is 3.86. The van der Waals surface area contributed by atoms with Crippen LogP contribution >= 0.6 is 0 Å². The molecule has 0 unspecified atom stereocenters. The summed E-state index contributed by atoms with van der Waals surface area (Å²) in [7, 11) is 5.37. The summed E-state index contributed by atoms with van der Waals surface area (Å²) >= 11 is 0. The summed E-state index contributed by atoms with van der Waals surface area (Å²) in [6.45, 7) is 4.75. The van der Waals surface area contributed by atoms with Crippen molar-refractivity contribution in [2.24, 2.45) is 7.05 Å². The number of anilines is 2. The van der Waals surface area contributed by atoms with E-state index in [2.05, 4.69) is 17.3 Å². The van der Waals surface area contributed by atoms with Gasteiger partial charge in [-0.15, -0.1) is 0 Å². The molecule has 3 N–H and O–H groups in total. The predicted molar refractivity (Wildman–Crippen MR) is 142 cm³/mol. The number of amides is 1. The summed E-state index contributed by atoms with van der Waals surface area (Å²) in [6.07, 6.45) is -3.35. The number of methoxy groups -OCH3 is 1. The topological polar surface area (TPSA) is 134 Å². The molecule has 1 aromatic heterocycles. The second-order valence-electron chi connectivity index (χ2n) is 8.82. The second kappa shape index (κ2) is 13.5. The number of alkyl halides is 3. The molecule has 10 nitrogen and oxygen atoms in total. The predicted octanol–water partition coefficient (Wildman–Crippen LogP) is 4.70. The quantitative estimate of drug-likeness (QED) is 0.341. The number of aliphatic carboxylic acids is 1. The Morgan fingerprint density at radius 3 is 2.15 bits per heavy atom. The molecule has 0 aliphatic carbocycles. The van der Waals surface area contributed by atoms with Crippen LogP contribution in [-0.4, -0.2) is 64.7 Å². The van der Waals surface area contributed by atoms with Gasteiger partial charge in [0.25, 0.3) is 5.91 Å². The fraction of sp³-hybridized carbons (Fsp3) is 0.333. The zero-order valence-electron chi connectivity index (χ0n) is 22.7.